The first-order valence-electron chi connectivity index (χ1n) is 9.37. The Kier molecular flexibility index (Phi) is 5.17. The summed E-state index contributed by atoms with van der Waals surface area (Å²) in [6.45, 7) is 3.20. The van der Waals surface area contributed by atoms with Gasteiger partial charge in [0.05, 0.1) is 11.7 Å². The fourth-order valence-electron chi connectivity index (χ4n) is 3.39. The van der Waals surface area contributed by atoms with Crippen LogP contribution in [0.5, 0.6) is 0 Å². The summed E-state index contributed by atoms with van der Waals surface area (Å²) >= 11 is 0. The van der Waals surface area contributed by atoms with Crippen LogP contribution in [0.4, 0.5) is 4.39 Å². The molecule has 0 aliphatic carbocycles. The number of aromatic nitrogens is 1. The highest BCUT2D eigenvalue weighted by molar-refractivity contribution is 5.85. The summed E-state index contributed by atoms with van der Waals surface area (Å²) in [4.78, 5) is 19.3. The first kappa shape index (κ1) is 18.3. The fraction of sp³-hybridized carbons (Fsp3) is 0.217. The van der Waals surface area contributed by atoms with Crippen molar-refractivity contribution in [3.05, 3.63) is 101 Å². The lowest BCUT2D eigenvalue weighted by molar-refractivity contribution is -0.121. The monoisotopic (exact) mass is 375 g/mol. The highest BCUT2D eigenvalue weighted by Crippen LogP contribution is 2.26. The van der Waals surface area contributed by atoms with Crippen molar-refractivity contribution < 1.29 is 9.18 Å². The number of carbonyl (C=O) groups excluding carboxylic acids is 1. The Hall–Kier alpha value is -3.05. The van der Waals surface area contributed by atoms with Gasteiger partial charge in [0.25, 0.3) is 0 Å². The molecule has 0 radical (unpaired) electrons. The Morgan fingerprint density at radius 2 is 1.96 bits per heavy atom. The molecule has 5 heteroatoms. The summed E-state index contributed by atoms with van der Waals surface area (Å²) in [5.41, 5.74) is 3.74. The molecule has 2 heterocycles. The number of pyridine rings is 1. The molecule has 3 aromatic rings. The van der Waals surface area contributed by atoms with Crippen molar-refractivity contribution in [2.75, 3.05) is 6.54 Å². The molecule has 1 N–H and O–H groups in total. The molecular formula is C23H22FN3O. The maximum absolute atomic E-state index is 13.5. The molecule has 1 aliphatic rings. The van der Waals surface area contributed by atoms with Crippen LogP contribution in [0.2, 0.25) is 0 Å². The Morgan fingerprint density at radius 3 is 2.71 bits per heavy atom. The minimum absolute atomic E-state index is 0.0337. The average Bonchev–Trinajstić information content (AvgIpc) is 3.49. The van der Waals surface area contributed by atoms with Crippen molar-refractivity contribution >= 4 is 5.91 Å². The molecule has 0 bridgehead atoms. The van der Waals surface area contributed by atoms with E-state index in [0.717, 1.165) is 22.4 Å². The van der Waals surface area contributed by atoms with E-state index in [0.29, 0.717) is 13.1 Å². The van der Waals surface area contributed by atoms with E-state index in [1.165, 1.54) is 6.07 Å². The van der Waals surface area contributed by atoms with E-state index >= 15 is 0 Å². The molecule has 3 unspecified atom stereocenters. The minimum Gasteiger partial charge on any atom is -0.342 e. The van der Waals surface area contributed by atoms with Crippen molar-refractivity contribution in [3.8, 4) is 0 Å². The summed E-state index contributed by atoms with van der Waals surface area (Å²) in [6.07, 6.45) is 1.73. The van der Waals surface area contributed by atoms with E-state index in [4.69, 9.17) is 0 Å². The second-order valence-electron chi connectivity index (χ2n) is 7.12. The number of benzene rings is 2. The van der Waals surface area contributed by atoms with Crippen LogP contribution in [-0.2, 0) is 11.3 Å². The lowest BCUT2D eigenvalue weighted by Gasteiger charge is -2.19. The number of amides is 1. The number of halogens is 1. The van der Waals surface area contributed by atoms with Crippen molar-refractivity contribution in [1.82, 2.24) is 15.2 Å². The van der Waals surface area contributed by atoms with E-state index in [-0.39, 0.29) is 23.8 Å². The molecule has 4 rings (SSSR count). The minimum atomic E-state index is -0.298. The lowest BCUT2D eigenvalue weighted by Crippen LogP contribution is -2.34. The molecule has 1 fully saturated rings. The fourth-order valence-corrected chi connectivity index (χ4v) is 3.39. The van der Waals surface area contributed by atoms with Crippen LogP contribution in [0.1, 0.15) is 28.4 Å². The topological polar surface area (TPSA) is 45.0 Å². The number of hydrogen-bond acceptors (Lipinski definition) is 3. The number of carbonyl (C=O) groups is 1. The number of nitrogens with zero attached hydrogens (tertiary/aromatic N) is 2. The molecule has 0 spiro atoms. The van der Waals surface area contributed by atoms with Crippen LogP contribution in [0.15, 0.2) is 72.9 Å². The van der Waals surface area contributed by atoms with E-state index < -0.39 is 0 Å². The van der Waals surface area contributed by atoms with Gasteiger partial charge in [-0.25, -0.2) is 4.39 Å². The van der Waals surface area contributed by atoms with Crippen LogP contribution >= 0.6 is 0 Å². The second-order valence-corrected chi connectivity index (χ2v) is 7.12. The normalized spacial score (nSPS) is 19.1. The first-order chi connectivity index (χ1) is 13.6. The maximum atomic E-state index is 13.5. The van der Waals surface area contributed by atoms with E-state index in [1.807, 2.05) is 60.4 Å². The standard InChI is InChI=1S/C23H22FN3O/c1-16-10-11-19(24)13-18(16)14-27-15-21(27)23(28)26-22(17-7-3-2-4-8-17)20-9-5-6-12-25-20/h2-13,21-22H,14-15H2,1H3,(H,26,28). The molecular weight excluding hydrogens is 353 g/mol. The van der Waals surface area contributed by atoms with Crippen LogP contribution < -0.4 is 5.32 Å². The van der Waals surface area contributed by atoms with Gasteiger partial charge in [0.15, 0.2) is 0 Å². The van der Waals surface area contributed by atoms with Gasteiger partial charge in [0, 0.05) is 19.3 Å². The van der Waals surface area contributed by atoms with Gasteiger partial charge in [-0.15, -0.1) is 0 Å². The molecule has 0 saturated carbocycles. The zero-order valence-corrected chi connectivity index (χ0v) is 15.7. The highest BCUT2D eigenvalue weighted by atomic mass is 19.1. The average molecular weight is 375 g/mol. The summed E-state index contributed by atoms with van der Waals surface area (Å²) in [6, 6.07) is 19.8. The molecule has 2 aromatic carbocycles. The molecule has 1 aliphatic heterocycles. The van der Waals surface area contributed by atoms with Crippen molar-refractivity contribution in [3.63, 3.8) is 0 Å². The smallest absolute Gasteiger partial charge is 0.239 e. The molecule has 1 amide bonds. The van der Waals surface area contributed by atoms with Crippen molar-refractivity contribution in [1.29, 1.82) is 0 Å². The largest absolute Gasteiger partial charge is 0.342 e. The van der Waals surface area contributed by atoms with E-state index in [9.17, 15) is 9.18 Å². The second kappa shape index (κ2) is 7.90. The molecule has 1 aromatic heterocycles. The predicted molar refractivity (Wildman–Crippen MR) is 106 cm³/mol. The van der Waals surface area contributed by atoms with Crippen LogP contribution in [0.3, 0.4) is 0 Å². The number of nitrogens with one attached hydrogen (secondary N) is 1. The molecule has 3 atom stereocenters. The zero-order valence-electron chi connectivity index (χ0n) is 15.7. The molecule has 1 saturated heterocycles. The van der Waals surface area contributed by atoms with Gasteiger partial charge in [-0.3, -0.25) is 14.7 Å². The van der Waals surface area contributed by atoms with E-state index in [1.54, 1.807) is 18.3 Å². The number of rotatable bonds is 6. The van der Waals surface area contributed by atoms with Gasteiger partial charge < -0.3 is 5.32 Å². The van der Waals surface area contributed by atoms with Gasteiger partial charge in [-0.2, -0.15) is 0 Å². The number of aryl methyl sites for hydroxylation is 1. The lowest BCUT2D eigenvalue weighted by atomic mass is 10.0. The summed E-state index contributed by atoms with van der Waals surface area (Å²) in [7, 11) is 0. The van der Waals surface area contributed by atoms with Crippen molar-refractivity contribution in [2.24, 2.45) is 0 Å². The molecule has 142 valence electrons. The predicted octanol–water partition coefficient (Wildman–Crippen LogP) is 3.62. The quantitative estimate of drug-likeness (QED) is 0.670. The maximum Gasteiger partial charge on any atom is 0.239 e. The summed E-state index contributed by atoms with van der Waals surface area (Å²) in [5, 5.41) is 3.14. The van der Waals surface area contributed by atoms with Gasteiger partial charge in [-0.1, -0.05) is 42.5 Å². The van der Waals surface area contributed by atoms with Gasteiger partial charge >= 0.3 is 0 Å². The summed E-state index contributed by atoms with van der Waals surface area (Å²) in [5.74, 6) is -0.281. The Bertz CT molecular complexity index is 923. The van der Waals surface area contributed by atoms with Crippen LogP contribution in [0, 0.1) is 12.7 Å². The van der Waals surface area contributed by atoms with Gasteiger partial charge in [0.2, 0.25) is 5.91 Å². The van der Waals surface area contributed by atoms with Gasteiger partial charge in [-0.05, 0) is 47.9 Å². The highest BCUT2D eigenvalue weighted by Gasteiger charge is 2.41. The van der Waals surface area contributed by atoms with E-state index in [2.05, 4.69) is 10.3 Å². The zero-order chi connectivity index (χ0) is 19.5. The molecule has 4 nitrogen and oxygen atoms in total. The van der Waals surface area contributed by atoms with Crippen LogP contribution in [-0.4, -0.2) is 28.4 Å². The Labute approximate surface area is 164 Å². The molecule has 28 heavy (non-hydrogen) atoms. The van der Waals surface area contributed by atoms with Crippen molar-refractivity contribution in [2.45, 2.75) is 25.6 Å². The first-order valence-corrected chi connectivity index (χ1v) is 9.37. The number of hydrogen-bond donors (Lipinski definition) is 1. The van der Waals surface area contributed by atoms with Crippen LogP contribution in [0.25, 0.3) is 0 Å². The Morgan fingerprint density at radius 1 is 1.18 bits per heavy atom. The third-order valence-corrected chi connectivity index (χ3v) is 5.10. The van der Waals surface area contributed by atoms with Gasteiger partial charge in [0.1, 0.15) is 11.9 Å². The third kappa shape index (κ3) is 4.10. The summed E-state index contributed by atoms with van der Waals surface area (Å²) < 4.78 is 13.5. The third-order valence-electron chi connectivity index (χ3n) is 5.10. The Balaban J connectivity index is 1.46. The SMILES string of the molecule is Cc1ccc(F)cc1CN1CC1C(=O)NC(c1ccccc1)c1ccccn1.